The number of ketones is 1. The van der Waals surface area contributed by atoms with Crippen LogP contribution in [0, 0.1) is 0 Å². The zero-order valence-electron chi connectivity index (χ0n) is 13.8. The SMILES string of the molecule is O=C1c2ccccc2C(Br)=C[C@]12CCc1cc(Br)c3ccccc3c1O2. The summed E-state index contributed by atoms with van der Waals surface area (Å²) in [6.45, 7) is 0. The van der Waals surface area contributed by atoms with Crippen LogP contribution in [0.15, 0.2) is 65.1 Å². The van der Waals surface area contributed by atoms with Gasteiger partial charge in [0.05, 0.1) is 0 Å². The van der Waals surface area contributed by atoms with Crippen LogP contribution in [0.2, 0.25) is 0 Å². The highest BCUT2D eigenvalue weighted by atomic mass is 79.9. The molecule has 0 N–H and O–H groups in total. The zero-order chi connectivity index (χ0) is 17.9. The van der Waals surface area contributed by atoms with E-state index >= 15 is 0 Å². The highest BCUT2D eigenvalue weighted by Gasteiger charge is 2.46. The van der Waals surface area contributed by atoms with E-state index in [2.05, 4.69) is 50.1 Å². The average molecular weight is 470 g/mol. The van der Waals surface area contributed by atoms with E-state index in [0.29, 0.717) is 12.0 Å². The van der Waals surface area contributed by atoms with Crippen molar-refractivity contribution in [3.8, 4) is 5.75 Å². The van der Waals surface area contributed by atoms with E-state index in [-0.39, 0.29) is 5.78 Å². The van der Waals surface area contributed by atoms with Crippen LogP contribution in [-0.4, -0.2) is 11.4 Å². The second-order valence-corrected chi connectivity index (χ2v) is 8.46. The molecule has 0 bridgehead atoms. The van der Waals surface area contributed by atoms with Gasteiger partial charge in [0.25, 0.3) is 0 Å². The molecular formula is C22H14Br2O2. The first-order chi connectivity index (χ1) is 12.6. The van der Waals surface area contributed by atoms with Crippen LogP contribution in [0.4, 0.5) is 0 Å². The highest BCUT2D eigenvalue weighted by molar-refractivity contribution is 9.15. The van der Waals surface area contributed by atoms with Crippen LogP contribution in [0.5, 0.6) is 5.75 Å². The summed E-state index contributed by atoms with van der Waals surface area (Å²) in [6.07, 6.45) is 3.37. The Morgan fingerprint density at radius 3 is 2.42 bits per heavy atom. The molecule has 1 spiro atoms. The van der Waals surface area contributed by atoms with Crippen molar-refractivity contribution in [2.24, 2.45) is 0 Å². The van der Waals surface area contributed by atoms with Gasteiger partial charge in [-0.2, -0.15) is 0 Å². The number of carbonyl (C=O) groups excluding carboxylic acids is 1. The molecule has 128 valence electrons. The lowest BCUT2D eigenvalue weighted by molar-refractivity contribution is 0.0551. The number of halogens is 2. The molecule has 3 aromatic carbocycles. The molecule has 1 aliphatic heterocycles. The molecule has 2 nitrogen and oxygen atoms in total. The van der Waals surface area contributed by atoms with E-state index in [1.54, 1.807) is 0 Å². The molecule has 1 heterocycles. The lowest BCUT2D eigenvalue weighted by Crippen LogP contribution is -2.47. The second kappa shape index (κ2) is 5.80. The lowest BCUT2D eigenvalue weighted by Gasteiger charge is -2.38. The van der Waals surface area contributed by atoms with E-state index in [1.165, 1.54) is 0 Å². The first kappa shape index (κ1) is 16.3. The minimum atomic E-state index is -0.948. The third-order valence-corrected chi connectivity index (χ3v) is 6.56. The van der Waals surface area contributed by atoms with Crippen molar-refractivity contribution in [3.05, 3.63) is 81.8 Å². The summed E-state index contributed by atoms with van der Waals surface area (Å²) in [4.78, 5) is 13.4. The number of fused-ring (bicyclic) bond motifs is 4. The normalized spacial score (nSPS) is 21.2. The molecular weight excluding hydrogens is 456 g/mol. The van der Waals surface area contributed by atoms with Gasteiger partial charge in [-0.25, -0.2) is 0 Å². The van der Waals surface area contributed by atoms with Gasteiger partial charge in [-0.05, 0) is 35.1 Å². The summed E-state index contributed by atoms with van der Waals surface area (Å²) >= 11 is 7.31. The van der Waals surface area contributed by atoms with Crippen LogP contribution in [0.25, 0.3) is 15.3 Å². The predicted octanol–water partition coefficient (Wildman–Crippen LogP) is 6.30. The molecule has 2 aliphatic rings. The minimum absolute atomic E-state index is 0.0361. The number of Topliss-reactive ketones (excluding diaryl/α,β-unsaturated/α-hetero) is 1. The Labute approximate surface area is 168 Å². The van der Waals surface area contributed by atoms with Crippen LogP contribution in [-0.2, 0) is 6.42 Å². The Balaban J connectivity index is 1.71. The molecule has 0 saturated heterocycles. The third-order valence-electron chi connectivity index (χ3n) is 5.24. The van der Waals surface area contributed by atoms with Crippen molar-refractivity contribution in [1.82, 2.24) is 0 Å². The highest BCUT2D eigenvalue weighted by Crippen LogP contribution is 2.46. The standard InChI is InChI=1S/C22H14Br2O2/c23-18-11-13-9-10-22(26-20(13)16-7-3-1-5-14(16)18)12-19(24)15-6-2-4-8-17(15)21(22)25/h1-8,11-12H,9-10H2/t22-/m1/s1. The molecule has 4 heteroatoms. The fourth-order valence-corrected chi connectivity index (χ4v) is 5.28. The lowest BCUT2D eigenvalue weighted by atomic mass is 9.79. The molecule has 0 saturated carbocycles. The van der Waals surface area contributed by atoms with Gasteiger partial charge < -0.3 is 4.74 Å². The summed E-state index contributed by atoms with van der Waals surface area (Å²) in [5, 5.41) is 2.13. The number of benzene rings is 3. The summed E-state index contributed by atoms with van der Waals surface area (Å²) in [6, 6.07) is 17.9. The number of rotatable bonds is 0. The molecule has 0 unspecified atom stereocenters. The molecule has 5 rings (SSSR count). The monoisotopic (exact) mass is 468 g/mol. The smallest absolute Gasteiger partial charge is 0.211 e. The fraction of sp³-hybridized carbons (Fsp3) is 0.136. The number of hydrogen-bond donors (Lipinski definition) is 0. The zero-order valence-corrected chi connectivity index (χ0v) is 16.9. The largest absolute Gasteiger partial charge is 0.474 e. The summed E-state index contributed by atoms with van der Waals surface area (Å²) in [5.74, 6) is 0.855. The van der Waals surface area contributed by atoms with Crippen LogP contribution in [0.3, 0.4) is 0 Å². The van der Waals surface area contributed by atoms with Crippen LogP contribution in [0.1, 0.15) is 27.9 Å². The molecule has 0 aromatic heterocycles. The van der Waals surface area contributed by atoms with Gasteiger partial charge in [0.2, 0.25) is 5.78 Å². The molecule has 0 radical (unpaired) electrons. The first-order valence-electron chi connectivity index (χ1n) is 8.51. The molecule has 1 atom stereocenters. The number of carbonyl (C=O) groups is 1. The molecule has 0 amide bonds. The Morgan fingerprint density at radius 2 is 1.62 bits per heavy atom. The average Bonchev–Trinajstić information content (AvgIpc) is 2.67. The van der Waals surface area contributed by atoms with Gasteiger partial charge in [0, 0.05) is 26.3 Å². The van der Waals surface area contributed by atoms with Gasteiger partial charge in [-0.3, -0.25) is 4.79 Å². The maximum absolute atomic E-state index is 13.4. The number of hydrogen-bond acceptors (Lipinski definition) is 2. The Morgan fingerprint density at radius 1 is 0.923 bits per heavy atom. The maximum atomic E-state index is 13.4. The molecule has 0 fully saturated rings. The Kier molecular flexibility index (Phi) is 3.63. The summed E-state index contributed by atoms with van der Waals surface area (Å²) in [7, 11) is 0. The minimum Gasteiger partial charge on any atom is -0.474 e. The second-order valence-electron chi connectivity index (χ2n) is 6.75. The summed E-state index contributed by atoms with van der Waals surface area (Å²) in [5.41, 5.74) is 1.83. The van der Waals surface area contributed by atoms with E-state index in [0.717, 1.165) is 43.0 Å². The van der Waals surface area contributed by atoms with Gasteiger partial charge in [0.1, 0.15) is 5.75 Å². The van der Waals surface area contributed by atoms with E-state index in [1.807, 2.05) is 42.5 Å². The first-order valence-corrected chi connectivity index (χ1v) is 10.1. The van der Waals surface area contributed by atoms with Crippen molar-refractivity contribution in [1.29, 1.82) is 0 Å². The van der Waals surface area contributed by atoms with Gasteiger partial charge >= 0.3 is 0 Å². The number of aryl methyl sites for hydroxylation is 1. The van der Waals surface area contributed by atoms with Gasteiger partial charge in [-0.1, -0.05) is 80.4 Å². The van der Waals surface area contributed by atoms with Gasteiger partial charge in [-0.15, -0.1) is 0 Å². The third kappa shape index (κ3) is 2.25. The maximum Gasteiger partial charge on any atom is 0.211 e. The van der Waals surface area contributed by atoms with E-state index in [4.69, 9.17) is 4.74 Å². The van der Waals surface area contributed by atoms with Crippen molar-refractivity contribution >= 4 is 52.9 Å². The van der Waals surface area contributed by atoms with Gasteiger partial charge in [0.15, 0.2) is 5.60 Å². The van der Waals surface area contributed by atoms with Crippen molar-refractivity contribution in [3.63, 3.8) is 0 Å². The van der Waals surface area contributed by atoms with Crippen molar-refractivity contribution in [2.45, 2.75) is 18.4 Å². The number of ether oxygens (including phenoxy) is 1. The topological polar surface area (TPSA) is 26.3 Å². The van der Waals surface area contributed by atoms with Crippen LogP contribution >= 0.6 is 31.9 Å². The Bertz CT molecular complexity index is 1120. The van der Waals surface area contributed by atoms with E-state index < -0.39 is 5.60 Å². The van der Waals surface area contributed by atoms with Crippen LogP contribution < -0.4 is 4.74 Å². The molecule has 26 heavy (non-hydrogen) atoms. The molecule has 1 aliphatic carbocycles. The van der Waals surface area contributed by atoms with E-state index in [9.17, 15) is 4.79 Å². The quantitative estimate of drug-likeness (QED) is 0.386. The van der Waals surface area contributed by atoms with Crippen molar-refractivity contribution in [2.75, 3.05) is 0 Å². The fourth-order valence-electron chi connectivity index (χ4n) is 3.95. The predicted molar refractivity (Wildman–Crippen MR) is 111 cm³/mol. The molecule has 3 aromatic rings. The van der Waals surface area contributed by atoms with Crippen molar-refractivity contribution < 1.29 is 9.53 Å². The summed E-state index contributed by atoms with van der Waals surface area (Å²) < 4.78 is 8.46. The Hall–Kier alpha value is -1.91.